The van der Waals surface area contributed by atoms with E-state index in [1.165, 1.54) is 0 Å². The van der Waals surface area contributed by atoms with Gasteiger partial charge in [0.25, 0.3) is 0 Å². The van der Waals surface area contributed by atoms with Crippen molar-refractivity contribution in [2.24, 2.45) is 0 Å². The van der Waals surface area contributed by atoms with Gasteiger partial charge < -0.3 is 9.47 Å². The first-order chi connectivity index (χ1) is 14.2. The second-order valence-corrected chi connectivity index (χ2v) is 6.79. The molecule has 5 nitrogen and oxygen atoms in total. The molecule has 146 valence electrons. The predicted octanol–water partition coefficient (Wildman–Crippen LogP) is 4.44. The normalized spacial score (nSPS) is 14.0. The van der Waals surface area contributed by atoms with Crippen LogP contribution in [0.25, 0.3) is 22.6 Å². The van der Waals surface area contributed by atoms with Crippen molar-refractivity contribution in [3.8, 4) is 0 Å². The number of para-hydroxylation sites is 1. The number of pyridine rings is 1. The number of rotatable bonds is 5. The molecule has 0 radical (unpaired) electrons. The fourth-order valence-corrected chi connectivity index (χ4v) is 3.66. The molecule has 0 amide bonds. The molecule has 0 saturated heterocycles. The number of carbonyl (C=O) groups excluding carboxylic acids is 2. The molecule has 0 aliphatic heterocycles. The zero-order chi connectivity index (χ0) is 20.2. The van der Waals surface area contributed by atoms with Gasteiger partial charge in [-0.2, -0.15) is 0 Å². The number of ether oxygens (including phenoxy) is 2. The zero-order valence-electron chi connectivity index (χ0n) is 16.2. The van der Waals surface area contributed by atoms with Crippen molar-refractivity contribution in [1.82, 2.24) is 4.98 Å². The van der Waals surface area contributed by atoms with Gasteiger partial charge in [0.15, 0.2) is 6.61 Å². The van der Waals surface area contributed by atoms with Gasteiger partial charge in [-0.05, 0) is 48.6 Å². The Balaban J connectivity index is 1.76. The van der Waals surface area contributed by atoms with E-state index in [1.807, 2.05) is 54.6 Å². The van der Waals surface area contributed by atoms with Crippen LogP contribution in [0, 0.1) is 0 Å². The highest BCUT2D eigenvalue weighted by molar-refractivity contribution is 6.07. The summed E-state index contributed by atoms with van der Waals surface area (Å²) in [7, 11) is 0. The van der Waals surface area contributed by atoms with Crippen molar-refractivity contribution in [3.05, 3.63) is 77.0 Å². The topological polar surface area (TPSA) is 65.5 Å². The Bertz CT molecular complexity index is 1100. The Morgan fingerprint density at radius 2 is 1.76 bits per heavy atom. The minimum atomic E-state index is -0.555. The van der Waals surface area contributed by atoms with E-state index in [9.17, 15) is 9.59 Å². The van der Waals surface area contributed by atoms with E-state index in [2.05, 4.69) is 6.08 Å². The largest absolute Gasteiger partial charge is 0.463 e. The summed E-state index contributed by atoms with van der Waals surface area (Å²) in [5.41, 5.74) is 5.12. The predicted molar refractivity (Wildman–Crippen MR) is 111 cm³/mol. The smallest absolute Gasteiger partial charge is 0.344 e. The fourth-order valence-electron chi connectivity index (χ4n) is 3.66. The third kappa shape index (κ3) is 3.90. The first kappa shape index (κ1) is 18.9. The van der Waals surface area contributed by atoms with E-state index in [4.69, 9.17) is 14.5 Å². The lowest BCUT2D eigenvalue weighted by Crippen LogP contribution is -2.18. The number of nitrogens with zero attached hydrogens (tertiary/aromatic N) is 1. The molecule has 0 saturated carbocycles. The molecule has 3 aromatic rings. The Kier molecular flexibility index (Phi) is 5.38. The number of esters is 2. The van der Waals surface area contributed by atoms with Gasteiger partial charge in [0, 0.05) is 5.39 Å². The van der Waals surface area contributed by atoms with Crippen molar-refractivity contribution in [1.29, 1.82) is 0 Å². The van der Waals surface area contributed by atoms with Crippen molar-refractivity contribution in [2.45, 2.75) is 19.8 Å². The van der Waals surface area contributed by atoms with Crippen LogP contribution in [0.4, 0.5) is 0 Å². The van der Waals surface area contributed by atoms with Crippen LogP contribution in [0.2, 0.25) is 0 Å². The highest BCUT2D eigenvalue weighted by Gasteiger charge is 2.28. The summed E-state index contributed by atoms with van der Waals surface area (Å²) >= 11 is 0. The van der Waals surface area contributed by atoms with E-state index in [0.29, 0.717) is 12.0 Å². The molecule has 5 heteroatoms. The Labute approximate surface area is 169 Å². The van der Waals surface area contributed by atoms with Crippen LogP contribution < -0.4 is 0 Å². The second kappa shape index (κ2) is 8.27. The average molecular weight is 387 g/mol. The third-order valence-electron chi connectivity index (χ3n) is 4.91. The standard InChI is InChI=1S/C24H21NO4/c1-2-28-21(26)15-29-24(27)22-18-10-6-7-11-20(18)25-23-17(12-13-19(22)23)14-16-8-4-3-5-9-16/h3-11,14H,2,12-13,15H2,1H3. The molecular weight excluding hydrogens is 366 g/mol. The molecule has 0 unspecified atom stereocenters. The molecule has 29 heavy (non-hydrogen) atoms. The molecule has 0 N–H and O–H groups in total. The van der Waals surface area contributed by atoms with Crippen LogP contribution in [0.15, 0.2) is 54.6 Å². The van der Waals surface area contributed by atoms with Crippen LogP contribution in [0.1, 0.15) is 40.5 Å². The lowest BCUT2D eigenvalue weighted by atomic mass is 10.0. The number of hydrogen-bond donors (Lipinski definition) is 0. The van der Waals surface area contributed by atoms with E-state index in [-0.39, 0.29) is 6.61 Å². The van der Waals surface area contributed by atoms with E-state index in [0.717, 1.165) is 39.7 Å². The van der Waals surface area contributed by atoms with E-state index in [1.54, 1.807) is 6.92 Å². The van der Waals surface area contributed by atoms with Gasteiger partial charge in [-0.25, -0.2) is 14.6 Å². The van der Waals surface area contributed by atoms with Crippen molar-refractivity contribution >= 4 is 34.5 Å². The number of benzene rings is 2. The summed E-state index contributed by atoms with van der Waals surface area (Å²) in [6.45, 7) is 1.56. The molecule has 1 aromatic heterocycles. The quantitative estimate of drug-likeness (QED) is 0.606. The first-order valence-electron chi connectivity index (χ1n) is 9.67. The number of fused-ring (bicyclic) bond motifs is 2. The molecule has 0 spiro atoms. The SMILES string of the molecule is CCOC(=O)COC(=O)c1c2c(nc3ccccc13)C(=Cc1ccccc1)CC2. The molecular formula is C24H21NO4. The third-order valence-corrected chi connectivity index (χ3v) is 4.91. The van der Waals surface area contributed by atoms with Gasteiger partial charge in [-0.1, -0.05) is 48.5 Å². The Hall–Kier alpha value is -3.47. The lowest BCUT2D eigenvalue weighted by molar-refractivity contribution is -0.146. The van der Waals surface area contributed by atoms with Crippen molar-refractivity contribution in [2.75, 3.05) is 13.2 Å². The highest BCUT2D eigenvalue weighted by atomic mass is 16.6. The van der Waals surface area contributed by atoms with Crippen LogP contribution in [0.5, 0.6) is 0 Å². The first-order valence-corrected chi connectivity index (χ1v) is 9.67. The number of hydrogen-bond acceptors (Lipinski definition) is 5. The molecule has 0 fully saturated rings. The Morgan fingerprint density at radius 1 is 1.00 bits per heavy atom. The van der Waals surface area contributed by atoms with Crippen molar-refractivity contribution in [3.63, 3.8) is 0 Å². The maximum Gasteiger partial charge on any atom is 0.344 e. The molecule has 0 atom stereocenters. The molecule has 1 heterocycles. The summed E-state index contributed by atoms with van der Waals surface area (Å²) in [5, 5.41) is 0.737. The monoisotopic (exact) mass is 387 g/mol. The Morgan fingerprint density at radius 3 is 2.55 bits per heavy atom. The van der Waals surface area contributed by atoms with Crippen LogP contribution in [-0.4, -0.2) is 30.1 Å². The van der Waals surface area contributed by atoms with Gasteiger partial charge in [0.2, 0.25) is 0 Å². The van der Waals surface area contributed by atoms with Crippen LogP contribution >= 0.6 is 0 Å². The molecule has 4 rings (SSSR count). The maximum atomic E-state index is 12.9. The van der Waals surface area contributed by atoms with Crippen molar-refractivity contribution < 1.29 is 19.1 Å². The van der Waals surface area contributed by atoms with Gasteiger partial charge in [0.1, 0.15) is 0 Å². The molecule has 0 bridgehead atoms. The summed E-state index contributed by atoms with van der Waals surface area (Å²) in [4.78, 5) is 29.4. The zero-order valence-corrected chi connectivity index (χ0v) is 16.2. The second-order valence-electron chi connectivity index (χ2n) is 6.79. The number of aromatic nitrogens is 1. The average Bonchev–Trinajstić information content (AvgIpc) is 3.13. The molecule has 1 aliphatic rings. The van der Waals surface area contributed by atoms with Crippen LogP contribution in [-0.2, 0) is 20.7 Å². The maximum absolute atomic E-state index is 12.9. The van der Waals surface area contributed by atoms with Gasteiger partial charge in [-0.3, -0.25) is 0 Å². The van der Waals surface area contributed by atoms with Gasteiger partial charge >= 0.3 is 11.9 Å². The minimum Gasteiger partial charge on any atom is -0.463 e. The van der Waals surface area contributed by atoms with Crippen LogP contribution in [0.3, 0.4) is 0 Å². The summed E-state index contributed by atoms with van der Waals surface area (Å²) < 4.78 is 10.1. The summed E-state index contributed by atoms with van der Waals surface area (Å²) in [5.74, 6) is -1.07. The highest BCUT2D eigenvalue weighted by Crippen LogP contribution is 2.37. The van der Waals surface area contributed by atoms with E-state index >= 15 is 0 Å². The summed E-state index contributed by atoms with van der Waals surface area (Å²) in [6.07, 6.45) is 3.61. The fraction of sp³-hybridized carbons (Fsp3) is 0.208. The minimum absolute atomic E-state index is 0.248. The molecule has 2 aromatic carbocycles. The molecule has 1 aliphatic carbocycles. The van der Waals surface area contributed by atoms with E-state index < -0.39 is 18.5 Å². The number of carbonyl (C=O) groups is 2. The number of allylic oxidation sites excluding steroid dienone is 1. The van der Waals surface area contributed by atoms with Gasteiger partial charge in [0.05, 0.1) is 23.4 Å². The summed E-state index contributed by atoms with van der Waals surface area (Å²) in [6, 6.07) is 17.6. The van der Waals surface area contributed by atoms with Gasteiger partial charge in [-0.15, -0.1) is 0 Å². The lowest BCUT2D eigenvalue weighted by Gasteiger charge is -2.12.